The summed E-state index contributed by atoms with van der Waals surface area (Å²) in [5.74, 6) is 1.22. The molecule has 1 aromatic carbocycles. The van der Waals surface area contributed by atoms with E-state index in [9.17, 15) is 4.79 Å². The third-order valence-electron chi connectivity index (χ3n) is 5.73. The number of para-hydroxylation sites is 1. The summed E-state index contributed by atoms with van der Waals surface area (Å²) in [4.78, 5) is 12.1. The molecule has 3 heteroatoms. The molecule has 0 saturated heterocycles. The van der Waals surface area contributed by atoms with Crippen LogP contribution in [-0.4, -0.2) is 19.2 Å². The summed E-state index contributed by atoms with van der Waals surface area (Å²) in [6.45, 7) is 7.75. The van der Waals surface area contributed by atoms with Gasteiger partial charge in [0, 0.05) is 0 Å². The Labute approximate surface area is 192 Å². The van der Waals surface area contributed by atoms with Crippen molar-refractivity contribution >= 4 is 5.97 Å². The van der Waals surface area contributed by atoms with Crippen molar-refractivity contribution in [2.75, 3.05) is 13.2 Å². The van der Waals surface area contributed by atoms with Crippen LogP contribution in [0.25, 0.3) is 0 Å². The smallest absolute Gasteiger partial charge is 0.341 e. The highest BCUT2D eigenvalue weighted by atomic mass is 16.5. The summed E-state index contributed by atoms with van der Waals surface area (Å²) in [7, 11) is 0. The van der Waals surface area contributed by atoms with E-state index in [2.05, 4.69) is 13.8 Å². The molecule has 0 aromatic heterocycles. The molecule has 0 saturated carbocycles. The molecule has 0 aliphatic rings. The third kappa shape index (κ3) is 15.0. The molecule has 0 N–H and O–H groups in total. The molecule has 3 nitrogen and oxygen atoms in total. The van der Waals surface area contributed by atoms with Gasteiger partial charge >= 0.3 is 5.97 Å². The van der Waals surface area contributed by atoms with Gasteiger partial charge in [0.15, 0.2) is 0 Å². The largest absolute Gasteiger partial charge is 0.493 e. The lowest BCUT2D eigenvalue weighted by atomic mass is 10.0. The summed E-state index contributed by atoms with van der Waals surface area (Å²) in [6.07, 6.45) is 19.7. The summed E-state index contributed by atoms with van der Waals surface area (Å²) in [5.41, 5.74) is 0.534. The highest BCUT2D eigenvalue weighted by molar-refractivity contribution is 5.92. The van der Waals surface area contributed by atoms with Gasteiger partial charge < -0.3 is 9.47 Å². The van der Waals surface area contributed by atoms with Crippen LogP contribution in [0.1, 0.15) is 127 Å². The van der Waals surface area contributed by atoms with Crippen molar-refractivity contribution in [1.82, 2.24) is 0 Å². The molecule has 0 amide bonds. The molecule has 178 valence electrons. The maximum absolute atomic E-state index is 12.1. The Morgan fingerprint density at radius 3 is 1.81 bits per heavy atom. The fourth-order valence-electron chi connectivity index (χ4n) is 3.81. The van der Waals surface area contributed by atoms with E-state index in [-0.39, 0.29) is 5.97 Å². The first kappa shape index (κ1) is 27.5. The van der Waals surface area contributed by atoms with Crippen LogP contribution in [0.4, 0.5) is 0 Å². The van der Waals surface area contributed by atoms with Crippen molar-refractivity contribution in [2.24, 2.45) is 5.92 Å². The van der Waals surface area contributed by atoms with E-state index in [1.165, 1.54) is 83.5 Å². The van der Waals surface area contributed by atoms with Gasteiger partial charge in [-0.25, -0.2) is 4.79 Å². The Bertz CT molecular complexity index is 553. The predicted molar refractivity (Wildman–Crippen MR) is 132 cm³/mol. The van der Waals surface area contributed by atoms with Gasteiger partial charge in [0.25, 0.3) is 0 Å². The van der Waals surface area contributed by atoms with Gasteiger partial charge in [-0.3, -0.25) is 0 Å². The number of carbonyl (C=O) groups excluding carboxylic acids is 1. The molecule has 0 spiro atoms. The van der Waals surface area contributed by atoms with Crippen LogP contribution in [0, 0.1) is 5.92 Å². The van der Waals surface area contributed by atoms with Crippen LogP contribution >= 0.6 is 0 Å². The fourth-order valence-corrected chi connectivity index (χ4v) is 3.81. The lowest BCUT2D eigenvalue weighted by Crippen LogP contribution is -2.09. The van der Waals surface area contributed by atoms with E-state index < -0.39 is 0 Å². The average Bonchev–Trinajstić information content (AvgIpc) is 2.77. The van der Waals surface area contributed by atoms with Crippen LogP contribution in [0.3, 0.4) is 0 Å². The fraction of sp³-hybridized carbons (Fsp3) is 0.750. The zero-order valence-corrected chi connectivity index (χ0v) is 20.6. The average molecular weight is 433 g/mol. The van der Waals surface area contributed by atoms with Crippen molar-refractivity contribution < 1.29 is 14.3 Å². The molecule has 1 aromatic rings. The molecule has 31 heavy (non-hydrogen) atoms. The van der Waals surface area contributed by atoms with Crippen molar-refractivity contribution in [3.8, 4) is 5.75 Å². The summed E-state index contributed by atoms with van der Waals surface area (Å²) < 4.78 is 11.1. The quantitative estimate of drug-likeness (QED) is 0.153. The van der Waals surface area contributed by atoms with Gasteiger partial charge in [0.1, 0.15) is 11.3 Å². The molecule has 0 unspecified atom stereocenters. The molecule has 0 aliphatic heterocycles. The van der Waals surface area contributed by atoms with Crippen molar-refractivity contribution in [1.29, 1.82) is 0 Å². The Morgan fingerprint density at radius 1 is 0.742 bits per heavy atom. The highest BCUT2D eigenvalue weighted by Crippen LogP contribution is 2.20. The van der Waals surface area contributed by atoms with Crippen molar-refractivity contribution in [3.05, 3.63) is 29.8 Å². The minimum absolute atomic E-state index is 0.288. The maximum Gasteiger partial charge on any atom is 0.341 e. The van der Waals surface area contributed by atoms with Gasteiger partial charge in [-0.05, 0) is 30.9 Å². The standard InChI is InChI=1S/C28H48O3/c1-4-23-31-28(29)26-21-17-18-22-27(26)30-24-19-15-13-11-9-7-5-6-8-10-12-14-16-20-25(2)3/h17-18,21-22,25H,4-16,19-20,23-24H2,1-3H3. The highest BCUT2D eigenvalue weighted by Gasteiger charge is 2.12. The predicted octanol–water partition coefficient (Wildman–Crippen LogP) is 8.75. The minimum atomic E-state index is -0.288. The van der Waals surface area contributed by atoms with E-state index in [4.69, 9.17) is 9.47 Å². The molecule has 1 rings (SSSR count). The molecule has 0 atom stereocenters. The van der Waals surface area contributed by atoms with Crippen molar-refractivity contribution in [3.63, 3.8) is 0 Å². The first-order valence-corrected chi connectivity index (χ1v) is 13.0. The normalized spacial score (nSPS) is 11.1. The second-order valence-corrected chi connectivity index (χ2v) is 9.26. The van der Waals surface area contributed by atoms with E-state index in [0.717, 1.165) is 18.8 Å². The van der Waals surface area contributed by atoms with E-state index in [1.54, 1.807) is 6.07 Å². The SMILES string of the molecule is CCCOC(=O)c1ccccc1OCCCCCCCCCCCCCCCC(C)C. The van der Waals surface area contributed by atoms with Crippen LogP contribution in [0.2, 0.25) is 0 Å². The van der Waals surface area contributed by atoms with Gasteiger partial charge in [-0.2, -0.15) is 0 Å². The Kier molecular flexibility index (Phi) is 17.0. The first-order chi connectivity index (χ1) is 15.1. The molecule has 0 bridgehead atoms. The number of ether oxygens (including phenoxy) is 2. The lowest BCUT2D eigenvalue weighted by molar-refractivity contribution is 0.0500. The van der Waals surface area contributed by atoms with Gasteiger partial charge in [-0.1, -0.05) is 116 Å². The Morgan fingerprint density at radius 2 is 1.26 bits per heavy atom. The molecular formula is C28H48O3. The molecule has 0 radical (unpaired) electrons. The van der Waals surface area contributed by atoms with Crippen LogP contribution < -0.4 is 4.74 Å². The number of hydrogen-bond acceptors (Lipinski definition) is 3. The van der Waals surface area contributed by atoms with Crippen LogP contribution in [-0.2, 0) is 4.74 Å². The number of hydrogen-bond donors (Lipinski definition) is 0. The van der Waals surface area contributed by atoms with E-state index in [1.807, 2.05) is 25.1 Å². The van der Waals surface area contributed by atoms with E-state index >= 15 is 0 Å². The zero-order chi connectivity index (χ0) is 22.6. The minimum Gasteiger partial charge on any atom is -0.493 e. The zero-order valence-electron chi connectivity index (χ0n) is 20.6. The number of benzene rings is 1. The second kappa shape index (κ2) is 19.2. The third-order valence-corrected chi connectivity index (χ3v) is 5.73. The van der Waals surface area contributed by atoms with Gasteiger partial charge in [-0.15, -0.1) is 0 Å². The summed E-state index contributed by atoms with van der Waals surface area (Å²) in [6, 6.07) is 7.39. The molecule has 0 fully saturated rings. The van der Waals surface area contributed by atoms with Crippen molar-refractivity contribution in [2.45, 2.75) is 117 Å². The maximum atomic E-state index is 12.1. The number of esters is 1. The number of unbranched alkanes of at least 4 members (excludes halogenated alkanes) is 12. The molecule has 0 aliphatic carbocycles. The summed E-state index contributed by atoms with van der Waals surface area (Å²) >= 11 is 0. The monoisotopic (exact) mass is 432 g/mol. The second-order valence-electron chi connectivity index (χ2n) is 9.26. The van der Waals surface area contributed by atoms with Crippen LogP contribution in [0.15, 0.2) is 24.3 Å². The lowest BCUT2D eigenvalue weighted by Gasteiger charge is -2.11. The topological polar surface area (TPSA) is 35.5 Å². The Balaban J connectivity index is 1.94. The molecule has 0 heterocycles. The van der Waals surface area contributed by atoms with Gasteiger partial charge in [0.05, 0.1) is 13.2 Å². The number of rotatable bonds is 20. The first-order valence-electron chi connectivity index (χ1n) is 13.0. The van der Waals surface area contributed by atoms with Gasteiger partial charge in [0.2, 0.25) is 0 Å². The van der Waals surface area contributed by atoms with Crippen LogP contribution in [0.5, 0.6) is 5.75 Å². The summed E-state index contributed by atoms with van der Waals surface area (Å²) in [5, 5.41) is 0. The molecular weight excluding hydrogens is 384 g/mol. The number of carbonyl (C=O) groups is 1. The Hall–Kier alpha value is -1.51. The van der Waals surface area contributed by atoms with E-state index in [0.29, 0.717) is 24.5 Å².